The number of benzene rings is 3. The molecule has 1 saturated carbocycles. The van der Waals surface area contributed by atoms with Gasteiger partial charge in [0.25, 0.3) is 0 Å². The summed E-state index contributed by atoms with van der Waals surface area (Å²) in [6.07, 6.45) is -0.478. The summed E-state index contributed by atoms with van der Waals surface area (Å²) in [5.74, 6) is -0.725. The molecule has 5 unspecified atom stereocenters. The van der Waals surface area contributed by atoms with E-state index in [1.165, 1.54) is 14.2 Å². The molecule has 9 heteroatoms. The first-order chi connectivity index (χ1) is 19.4. The molecule has 1 aliphatic heterocycles. The molecule has 9 nitrogen and oxygen atoms in total. The average molecular weight is 550 g/mol. The number of carbonyl (C=O) groups is 1. The Hall–Kier alpha value is -3.79. The van der Waals surface area contributed by atoms with Gasteiger partial charge < -0.3 is 39.6 Å². The number of rotatable bonds is 10. The monoisotopic (exact) mass is 549 g/mol. The van der Waals surface area contributed by atoms with Crippen LogP contribution in [-0.2, 0) is 16.0 Å². The van der Waals surface area contributed by atoms with E-state index in [9.17, 15) is 15.0 Å². The number of ether oxygens (including phenoxy) is 4. The number of amides is 1. The zero-order valence-electron chi connectivity index (χ0n) is 22.8. The topological polar surface area (TPSA) is 127 Å². The molecule has 2 aliphatic rings. The lowest BCUT2D eigenvalue weighted by Gasteiger charge is -2.40. The van der Waals surface area contributed by atoms with Crippen molar-refractivity contribution < 1.29 is 39.1 Å². The van der Waals surface area contributed by atoms with Crippen LogP contribution < -0.4 is 24.3 Å². The minimum atomic E-state index is -2.10. The molecule has 0 saturated heterocycles. The predicted molar refractivity (Wildman–Crippen MR) is 147 cm³/mol. The van der Waals surface area contributed by atoms with Crippen LogP contribution in [0.3, 0.4) is 0 Å². The second-order valence-corrected chi connectivity index (χ2v) is 10.1. The number of carbonyl (C=O) groups excluding carboxylic acids is 1. The van der Waals surface area contributed by atoms with E-state index in [2.05, 4.69) is 5.32 Å². The van der Waals surface area contributed by atoms with Crippen molar-refractivity contribution in [2.75, 3.05) is 34.5 Å². The third-order valence-electron chi connectivity index (χ3n) is 8.14. The first kappa shape index (κ1) is 27.8. The maximum Gasteiger partial charge on any atom is 0.226 e. The van der Waals surface area contributed by atoms with Crippen molar-refractivity contribution in [3.05, 3.63) is 83.4 Å². The van der Waals surface area contributed by atoms with Gasteiger partial charge in [-0.15, -0.1) is 0 Å². The molecule has 1 aliphatic carbocycles. The van der Waals surface area contributed by atoms with E-state index in [4.69, 9.17) is 24.1 Å². The Morgan fingerprint density at radius 1 is 0.950 bits per heavy atom. The van der Waals surface area contributed by atoms with E-state index in [0.29, 0.717) is 42.0 Å². The molecule has 0 aromatic heterocycles. The summed E-state index contributed by atoms with van der Waals surface area (Å²) in [6.45, 7) is 0.332. The highest BCUT2D eigenvalue weighted by Crippen LogP contribution is 2.70. The first-order valence-corrected chi connectivity index (χ1v) is 13.3. The molecule has 1 heterocycles. The minimum absolute atomic E-state index is 0.0166. The van der Waals surface area contributed by atoms with Crippen LogP contribution in [-0.4, -0.2) is 61.8 Å². The number of aliphatic hydroxyl groups excluding tert-OH is 2. The third kappa shape index (κ3) is 4.08. The Bertz CT molecular complexity index is 1350. The molecule has 5 atom stereocenters. The molecule has 3 aromatic rings. The molecule has 1 amide bonds. The van der Waals surface area contributed by atoms with Gasteiger partial charge in [0.05, 0.1) is 32.8 Å². The van der Waals surface area contributed by atoms with Gasteiger partial charge >= 0.3 is 0 Å². The van der Waals surface area contributed by atoms with Gasteiger partial charge in [0.2, 0.25) is 5.91 Å². The summed E-state index contributed by atoms with van der Waals surface area (Å²) >= 11 is 0. The number of hydrogen-bond acceptors (Lipinski definition) is 8. The molecule has 4 N–H and O–H groups in total. The fourth-order valence-electron chi connectivity index (χ4n) is 6.36. The smallest absolute Gasteiger partial charge is 0.226 e. The fourth-order valence-corrected chi connectivity index (χ4v) is 6.36. The van der Waals surface area contributed by atoms with Crippen molar-refractivity contribution >= 4 is 5.91 Å². The van der Waals surface area contributed by atoms with E-state index >= 15 is 0 Å². The summed E-state index contributed by atoms with van der Waals surface area (Å²) in [4.78, 5) is 13.8. The quantitative estimate of drug-likeness (QED) is 0.285. The van der Waals surface area contributed by atoms with Crippen LogP contribution >= 0.6 is 0 Å². The highest BCUT2D eigenvalue weighted by molar-refractivity contribution is 5.83. The van der Waals surface area contributed by atoms with E-state index in [1.54, 1.807) is 43.5 Å². The highest BCUT2D eigenvalue weighted by atomic mass is 16.5. The third-order valence-corrected chi connectivity index (χ3v) is 8.14. The predicted octanol–water partition coefficient (Wildman–Crippen LogP) is 2.85. The van der Waals surface area contributed by atoms with Gasteiger partial charge in [0.15, 0.2) is 11.2 Å². The van der Waals surface area contributed by atoms with E-state index in [1.807, 2.05) is 30.3 Å². The maximum absolute atomic E-state index is 13.8. The van der Waals surface area contributed by atoms with Crippen molar-refractivity contribution in [3.8, 4) is 23.0 Å². The Morgan fingerprint density at radius 2 is 1.65 bits per heavy atom. The second kappa shape index (κ2) is 11.0. The lowest BCUT2D eigenvalue weighted by molar-refractivity contribution is -0.154. The van der Waals surface area contributed by atoms with Gasteiger partial charge in [-0.25, -0.2) is 0 Å². The number of aliphatic hydroxyl groups is 3. The lowest BCUT2D eigenvalue weighted by Crippen LogP contribution is -2.52. The van der Waals surface area contributed by atoms with Gasteiger partial charge in [-0.1, -0.05) is 42.5 Å². The molecular weight excluding hydrogens is 514 g/mol. The van der Waals surface area contributed by atoms with Crippen LogP contribution in [0.1, 0.15) is 35.4 Å². The molecule has 5 rings (SSSR count). The highest BCUT2D eigenvalue weighted by Gasteiger charge is 2.78. The molecule has 0 bridgehead atoms. The maximum atomic E-state index is 13.8. The largest absolute Gasteiger partial charge is 0.497 e. The van der Waals surface area contributed by atoms with Crippen molar-refractivity contribution in [2.45, 2.75) is 36.1 Å². The van der Waals surface area contributed by atoms with Crippen molar-refractivity contribution in [3.63, 3.8) is 0 Å². The van der Waals surface area contributed by atoms with E-state index < -0.39 is 35.0 Å². The Morgan fingerprint density at radius 3 is 2.27 bits per heavy atom. The molecular formula is C31H35NO8. The minimum Gasteiger partial charge on any atom is -0.497 e. The standard InChI is InChI=1S/C31H35NO8/c1-37-21-13-11-20(12-14-21)31-26(19-9-5-4-6-10-19)25(29(35)32-15-7-8-16-33)28(34)30(31,36)27-23(39-3)17-22(38-2)18-24(27)40-31/h4-6,9-14,17-18,25-26,28,33-34,36H,7-8,15-16H2,1-3H3,(H,32,35). The van der Waals surface area contributed by atoms with Crippen molar-refractivity contribution in [1.82, 2.24) is 5.32 Å². The normalized spacial score (nSPS) is 26.4. The Balaban J connectivity index is 1.77. The van der Waals surface area contributed by atoms with Crippen molar-refractivity contribution in [1.29, 1.82) is 0 Å². The average Bonchev–Trinajstić information content (AvgIpc) is 3.37. The number of hydrogen-bond donors (Lipinski definition) is 4. The number of methoxy groups -OCH3 is 3. The number of unbranched alkanes of at least 4 members (excludes halogenated alkanes) is 1. The number of fused-ring (bicyclic) bond motifs is 3. The number of nitrogens with one attached hydrogen (secondary N) is 1. The van der Waals surface area contributed by atoms with Crippen LogP contribution in [0, 0.1) is 5.92 Å². The summed E-state index contributed by atoms with van der Waals surface area (Å²) in [5.41, 5.74) is -2.22. The van der Waals surface area contributed by atoms with Crippen molar-refractivity contribution in [2.24, 2.45) is 5.92 Å². The lowest BCUT2D eigenvalue weighted by atomic mass is 9.70. The van der Waals surface area contributed by atoms with Crippen LogP contribution in [0.25, 0.3) is 0 Å². The van der Waals surface area contributed by atoms with Gasteiger partial charge in [0.1, 0.15) is 29.1 Å². The molecule has 0 radical (unpaired) electrons. The summed E-state index contributed by atoms with van der Waals surface area (Å²) in [6, 6.07) is 19.6. The summed E-state index contributed by atoms with van der Waals surface area (Å²) in [5, 5.41) is 37.0. The second-order valence-electron chi connectivity index (χ2n) is 10.1. The fraction of sp³-hybridized carbons (Fsp3) is 0.387. The van der Waals surface area contributed by atoms with E-state index in [-0.39, 0.29) is 23.7 Å². The zero-order chi connectivity index (χ0) is 28.5. The Labute approximate surface area is 233 Å². The summed E-state index contributed by atoms with van der Waals surface area (Å²) < 4.78 is 23.3. The molecule has 1 fully saturated rings. The van der Waals surface area contributed by atoms with Gasteiger partial charge in [-0.05, 0) is 36.1 Å². The SMILES string of the molecule is COc1ccc(C23Oc4cc(OC)cc(OC)c4C2(O)C(O)C(C(=O)NCCCCO)C3c2ccccc2)cc1. The van der Waals surface area contributed by atoms with Gasteiger partial charge in [-0.2, -0.15) is 0 Å². The van der Waals surface area contributed by atoms with Crippen LogP contribution in [0.4, 0.5) is 0 Å². The molecule has 40 heavy (non-hydrogen) atoms. The molecule has 3 aromatic carbocycles. The molecule has 212 valence electrons. The van der Waals surface area contributed by atoms with Crippen LogP contribution in [0.2, 0.25) is 0 Å². The Kier molecular flexibility index (Phi) is 7.63. The van der Waals surface area contributed by atoms with E-state index in [0.717, 1.165) is 0 Å². The first-order valence-electron chi connectivity index (χ1n) is 13.3. The summed E-state index contributed by atoms with van der Waals surface area (Å²) in [7, 11) is 4.54. The van der Waals surface area contributed by atoms with Gasteiger partial charge in [-0.3, -0.25) is 4.79 Å². The molecule has 0 spiro atoms. The van der Waals surface area contributed by atoms with Crippen LogP contribution in [0.15, 0.2) is 66.7 Å². The zero-order valence-corrected chi connectivity index (χ0v) is 22.8. The van der Waals surface area contributed by atoms with Crippen LogP contribution in [0.5, 0.6) is 23.0 Å². The van der Waals surface area contributed by atoms with Gasteiger partial charge in [0, 0.05) is 31.2 Å².